The van der Waals surface area contributed by atoms with Crippen LogP contribution in [0.5, 0.6) is 0 Å². The number of furan rings is 1. The molecule has 0 aliphatic carbocycles. The van der Waals surface area contributed by atoms with Crippen LogP contribution in [0.15, 0.2) is 51.9 Å². The second-order valence-electron chi connectivity index (χ2n) is 7.03. The molecular formula is C22H27ClN2O2. The lowest BCUT2D eigenvalue weighted by Gasteiger charge is -2.21. The maximum Gasteiger partial charge on any atom is 0.160 e. The lowest BCUT2D eigenvalue weighted by atomic mass is 9.97. The molecule has 5 heteroatoms. The molecule has 4 nitrogen and oxygen atoms in total. The third-order valence-electron chi connectivity index (χ3n) is 4.87. The van der Waals surface area contributed by atoms with E-state index in [1.807, 2.05) is 6.07 Å². The second kappa shape index (κ2) is 8.77. The summed E-state index contributed by atoms with van der Waals surface area (Å²) >= 11 is 6.07. The van der Waals surface area contributed by atoms with E-state index in [-0.39, 0.29) is 0 Å². The average molecular weight is 387 g/mol. The molecule has 3 heterocycles. The molecule has 0 bridgehead atoms. The van der Waals surface area contributed by atoms with E-state index >= 15 is 0 Å². The largest absolute Gasteiger partial charge is 0.452 e. The first kappa shape index (κ1) is 19.7. The van der Waals surface area contributed by atoms with Gasteiger partial charge in [0.15, 0.2) is 11.5 Å². The van der Waals surface area contributed by atoms with Crippen molar-refractivity contribution in [1.82, 2.24) is 5.32 Å². The van der Waals surface area contributed by atoms with Crippen molar-refractivity contribution in [1.29, 1.82) is 0 Å². The van der Waals surface area contributed by atoms with Crippen molar-refractivity contribution >= 4 is 33.7 Å². The predicted octanol–water partition coefficient (Wildman–Crippen LogP) is 5.84. The van der Waals surface area contributed by atoms with E-state index in [1.165, 1.54) is 5.57 Å². The monoisotopic (exact) mass is 386 g/mol. The van der Waals surface area contributed by atoms with Crippen LogP contribution >= 0.6 is 11.6 Å². The highest BCUT2D eigenvalue weighted by Crippen LogP contribution is 2.38. The molecule has 0 spiro atoms. The van der Waals surface area contributed by atoms with Gasteiger partial charge in [0, 0.05) is 24.8 Å². The van der Waals surface area contributed by atoms with Crippen molar-refractivity contribution in [3.8, 4) is 0 Å². The highest BCUT2D eigenvalue weighted by Gasteiger charge is 2.21. The van der Waals surface area contributed by atoms with E-state index in [4.69, 9.17) is 20.8 Å². The average Bonchev–Trinajstić information content (AvgIpc) is 2.99. The number of nitrogens with zero attached hydrogens (tertiary/aromatic N) is 1. The molecule has 144 valence electrons. The number of rotatable bonds is 4. The Morgan fingerprint density at radius 1 is 1.37 bits per heavy atom. The van der Waals surface area contributed by atoms with Crippen LogP contribution in [0.25, 0.3) is 11.3 Å². The smallest absolute Gasteiger partial charge is 0.160 e. The van der Waals surface area contributed by atoms with Gasteiger partial charge >= 0.3 is 0 Å². The molecule has 1 atom stereocenters. The van der Waals surface area contributed by atoms with Gasteiger partial charge in [0.05, 0.1) is 12.3 Å². The van der Waals surface area contributed by atoms with Crippen molar-refractivity contribution in [3.63, 3.8) is 0 Å². The van der Waals surface area contributed by atoms with E-state index in [1.54, 1.807) is 6.92 Å². The Kier molecular flexibility index (Phi) is 6.40. The first-order valence-corrected chi connectivity index (χ1v) is 9.78. The predicted molar refractivity (Wildman–Crippen MR) is 113 cm³/mol. The van der Waals surface area contributed by atoms with Crippen LogP contribution in [-0.4, -0.2) is 24.9 Å². The van der Waals surface area contributed by atoms with Gasteiger partial charge in [-0.25, -0.2) is 4.99 Å². The fourth-order valence-corrected chi connectivity index (χ4v) is 3.34. The van der Waals surface area contributed by atoms with Gasteiger partial charge in [-0.3, -0.25) is 0 Å². The Morgan fingerprint density at radius 2 is 2.19 bits per heavy atom. The zero-order chi connectivity index (χ0) is 19.4. The van der Waals surface area contributed by atoms with E-state index < -0.39 is 0 Å². The van der Waals surface area contributed by atoms with Crippen LogP contribution in [0.3, 0.4) is 0 Å². The summed E-state index contributed by atoms with van der Waals surface area (Å²) in [6.45, 7) is 14.5. The minimum absolute atomic E-state index is 0.299. The summed E-state index contributed by atoms with van der Waals surface area (Å²) in [4.78, 5) is 4.47. The van der Waals surface area contributed by atoms with Gasteiger partial charge in [-0.1, -0.05) is 49.4 Å². The first-order chi connectivity index (χ1) is 13.0. The van der Waals surface area contributed by atoms with E-state index in [9.17, 15) is 0 Å². The fourth-order valence-electron chi connectivity index (χ4n) is 3.25. The maximum atomic E-state index is 6.23. The normalized spacial score (nSPS) is 23.6. The van der Waals surface area contributed by atoms with Gasteiger partial charge in [-0.2, -0.15) is 0 Å². The Balaban J connectivity index is 1.97. The highest BCUT2D eigenvalue weighted by molar-refractivity contribution is 6.65. The number of hydrogen-bond donors (Lipinski definition) is 1. The van der Waals surface area contributed by atoms with Crippen molar-refractivity contribution in [3.05, 3.63) is 54.0 Å². The standard InChI is InChI=1S/C22H27ClN2O2/c1-14-11-19(24-13-15(14)2)21-12-20(25-17(4)23)22(27-21)16(3)18-7-5-9-26-10-6-8-18/h7,11-12,14,24H,2-3,5-6,8-10,13H2,1,4H3/b18-7-,25-17+. The summed E-state index contributed by atoms with van der Waals surface area (Å²) in [6.07, 6.45) is 7.08. The molecular weight excluding hydrogens is 360 g/mol. The van der Waals surface area contributed by atoms with Gasteiger partial charge in [0.1, 0.15) is 10.9 Å². The van der Waals surface area contributed by atoms with E-state index in [0.29, 0.717) is 22.5 Å². The molecule has 1 unspecified atom stereocenters. The summed E-state index contributed by atoms with van der Waals surface area (Å²) < 4.78 is 11.8. The van der Waals surface area contributed by atoms with Crippen molar-refractivity contribution in [2.24, 2.45) is 10.9 Å². The topological polar surface area (TPSA) is 46.8 Å². The molecule has 1 aromatic heterocycles. The van der Waals surface area contributed by atoms with Crippen LogP contribution in [0, 0.1) is 5.92 Å². The van der Waals surface area contributed by atoms with Crippen LogP contribution in [0.4, 0.5) is 5.69 Å². The van der Waals surface area contributed by atoms with Crippen LogP contribution < -0.4 is 5.32 Å². The van der Waals surface area contributed by atoms with Gasteiger partial charge in [0.2, 0.25) is 0 Å². The first-order valence-electron chi connectivity index (χ1n) is 9.40. The van der Waals surface area contributed by atoms with Crippen molar-refractivity contribution in [2.45, 2.75) is 33.1 Å². The third kappa shape index (κ3) is 4.82. The molecule has 0 radical (unpaired) electrons. The molecule has 1 aromatic rings. The van der Waals surface area contributed by atoms with Crippen molar-refractivity contribution < 1.29 is 9.15 Å². The van der Waals surface area contributed by atoms with Crippen molar-refractivity contribution in [2.75, 3.05) is 19.8 Å². The number of ether oxygens (including phenoxy) is 1. The molecule has 0 amide bonds. The number of aliphatic imine (C=N–C) groups is 1. The van der Waals surface area contributed by atoms with Crippen LogP contribution in [-0.2, 0) is 4.74 Å². The summed E-state index contributed by atoms with van der Waals surface area (Å²) in [7, 11) is 0. The summed E-state index contributed by atoms with van der Waals surface area (Å²) in [6, 6.07) is 1.93. The fraction of sp³-hybridized carbons (Fsp3) is 0.409. The molecule has 3 rings (SSSR count). The Labute approximate surface area is 166 Å². The molecule has 2 aliphatic rings. The Hall–Kier alpha value is -2.04. The number of hydrogen-bond acceptors (Lipinski definition) is 4. The lowest BCUT2D eigenvalue weighted by molar-refractivity contribution is 0.134. The molecule has 0 aromatic carbocycles. The van der Waals surface area contributed by atoms with E-state index in [0.717, 1.165) is 61.6 Å². The van der Waals surface area contributed by atoms with E-state index in [2.05, 4.69) is 42.5 Å². The number of nitrogens with one attached hydrogen (secondary N) is 1. The molecule has 0 fully saturated rings. The summed E-state index contributed by atoms with van der Waals surface area (Å²) in [5.41, 5.74) is 4.88. The third-order valence-corrected chi connectivity index (χ3v) is 4.95. The molecule has 0 saturated carbocycles. The van der Waals surface area contributed by atoms with Crippen LogP contribution in [0.1, 0.15) is 44.6 Å². The lowest BCUT2D eigenvalue weighted by Crippen LogP contribution is -2.23. The van der Waals surface area contributed by atoms with Gasteiger partial charge < -0.3 is 14.5 Å². The zero-order valence-electron chi connectivity index (χ0n) is 16.1. The molecule has 0 saturated heterocycles. The van der Waals surface area contributed by atoms with Gasteiger partial charge in [-0.05, 0) is 37.7 Å². The van der Waals surface area contributed by atoms with Crippen LogP contribution in [0.2, 0.25) is 0 Å². The molecule has 27 heavy (non-hydrogen) atoms. The minimum atomic E-state index is 0.299. The molecule has 2 aliphatic heterocycles. The number of halogens is 1. The zero-order valence-corrected chi connectivity index (χ0v) is 16.9. The Morgan fingerprint density at radius 3 is 2.93 bits per heavy atom. The minimum Gasteiger partial charge on any atom is -0.452 e. The quantitative estimate of drug-likeness (QED) is 0.522. The molecule has 1 N–H and O–H groups in total. The summed E-state index contributed by atoms with van der Waals surface area (Å²) in [5.74, 6) is 1.72. The van der Waals surface area contributed by atoms with Gasteiger partial charge in [-0.15, -0.1) is 0 Å². The highest BCUT2D eigenvalue weighted by atomic mass is 35.5. The maximum absolute atomic E-state index is 6.23. The number of allylic oxidation sites excluding steroid dienone is 3. The second-order valence-corrected chi connectivity index (χ2v) is 7.57. The SMILES string of the molecule is C=C(/C1=C\CCOCCC1)c1oc(C2=CC(C)C(=C)CN2)cc1/N=C(\C)Cl. The Bertz CT molecular complexity index is 825. The van der Waals surface area contributed by atoms with Gasteiger partial charge in [0.25, 0.3) is 0 Å². The summed E-state index contributed by atoms with van der Waals surface area (Å²) in [5, 5.41) is 3.83.